The highest BCUT2D eigenvalue weighted by Crippen LogP contribution is 2.30. The molecule has 0 bridgehead atoms. The second kappa shape index (κ2) is 9.58. The largest absolute Gasteiger partial charge is 0.508 e. The highest BCUT2D eigenvalue weighted by molar-refractivity contribution is 6.06. The SMILES string of the molecule is COc1ccc(/C=C/C(=O)c2ccc(O)cc2)cc1COc1cc(C)ccc1[N+](=O)[O-]. The van der Waals surface area contributed by atoms with E-state index in [9.17, 15) is 20.0 Å². The normalized spacial score (nSPS) is 10.8. The Morgan fingerprint density at radius 1 is 1.06 bits per heavy atom. The van der Waals surface area contributed by atoms with Crippen molar-refractivity contribution in [1.82, 2.24) is 0 Å². The van der Waals surface area contributed by atoms with Crippen LogP contribution in [0.1, 0.15) is 27.0 Å². The fourth-order valence-electron chi connectivity index (χ4n) is 2.95. The number of aryl methyl sites for hydroxylation is 1. The van der Waals surface area contributed by atoms with Crippen LogP contribution in [0.4, 0.5) is 5.69 Å². The predicted octanol–water partition coefficient (Wildman–Crippen LogP) is 5.09. The summed E-state index contributed by atoms with van der Waals surface area (Å²) in [5, 5.41) is 20.6. The molecule has 0 saturated carbocycles. The van der Waals surface area contributed by atoms with Crippen molar-refractivity contribution in [1.29, 1.82) is 0 Å². The van der Waals surface area contributed by atoms with Crippen LogP contribution in [0.3, 0.4) is 0 Å². The lowest BCUT2D eigenvalue weighted by Gasteiger charge is -2.12. The number of nitro benzene ring substituents is 1. The van der Waals surface area contributed by atoms with Gasteiger partial charge in [0.15, 0.2) is 11.5 Å². The third-order valence-electron chi connectivity index (χ3n) is 4.58. The van der Waals surface area contributed by atoms with Gasteiger partial charge in [-0.25, -0.2) is 0 Å². The molecule has 3 aromatic carbocycles. The summed E-state index contributed by atoms with van der Waals surface area (Å²) < 4.78 is 11.1. The van der Waals surface area contributed by atoms with E-state index in [0.717, 1.165) is 11.1 Å². The van der Waals surface area contributed by atoms with Crippen molar-refractivity contribution in [2.45, 2.75) is 13.5 Å². The number of rotatable bonds is 8. The van der Waals surface area contributed by atoms with Gasteiger partial charge >= 0.3 is 5.69 Å². The number of nitro groups is 1. The first-order valence-electron chi connectivity index (χ1n) is 9.43. The minimum absolute atomic E-state index is 0.0566. The average molecular weight is 419 g/mol. The molecule has 0 spiro atoms. The van der Waals surface area contributed by atoms with Crippen LogP contribution in [-0.2, 0) is 6.61 Å². The fraction of sp³-hybridized carbons (Fsp3) is 0.125. The fourth-order valence-corrected chi connectivity index (χ4v) is 2.95. The predicted molar refractivity (Wildman–Crippen MR) is 117 cm³/mol. The number of hydrogen-bond acceptors (Lipinski definition) is 6. The number of carbonyl (C=O) groups is 1. The van der Waals surface area contributed by atoms with Crippen molar-refractivity contribution in [2.24, 2.45) is 0 Å². The molecule has 0 atom stereocenters. The van der Waals surface area contributed by atoms with E-state index in [0.29, 0.717) is 16.9 Å². The summed E-state index contributed by atoms with van der Waals surface area (Å²) in [5.41, 5.74) is 2.61. The molecule has 0 amide bonds. The lowest BCUT2D eigenvalue weighted by atomic mass is 10.1. The maximum Gasteiger partial charge on any atom is 0.310 e. The number of ketones is 1. The van der Waals surface area contributed by atoms with E-state index in [1.807, 2.05) is 6.92 Å². The summed E-state index contributed by atoms with van der Waals surface area (Å²) in [5.74, 6) is 0.631. The molecule has 0 aliphatic rings. The van der Waals surface area contributed by atoms with Gasteiger partial charge in [-0.05, 0) is 66.6 Å². The van der Waals surface area contributed by atoms with Crippen molar-refractivity contribution < 1.29 is 24.3 Å². The van der Waals surface area contributed by atoms with Gasteiger partial charge in [-0.3, -0.25) is 14.9 Å². The van der Waals surface area contributed by atoms with E-state index >= 15 is 0 Å². The van der Waals surface area contributed by atoms with Gasteiger partial charge in [0, 0.05) is 17.2 Å². The summed E-state index contributed by atoms with van der Waals surface area (Å²) in [6.07, 6.45) is 3.09. The number of hydrogen-bond donors (Lipinski definition) is 1. The lowest BCUT2D eigenvalue weighted by molar-refractivity contribution is -0.386. The van der Waals surface area contributed by atoms with Gasteiger partial charge in [0.25, 0.3) is 0 Å². The molecule has 31 heavy (non-hydrogen) atoms. The van der Waals surface area contributed by atoms with E-state index in [1.54, 1.807) is 48.5 Å². The van der Waals surface area contributed by atoms with Gasteiger partial charge in [-0.1, -0.05) is 18.2 Å². The molecule has 0 aliphatic carbocycles. The standard InChI is InChI=1S/C24H21NO6/c1-16-3-10-21(25(28)29)24(13-16)31-15-19-14-17(5-12-23(19)30-2)4-11-22(27)18-6-8-20(26)9-7-18/h3-14,26H,15H2,1-2H3/b11-4+. The van der Waals surface area contributed by atoms with Crippen LogP contribution in [0.15, 0.2) is 66.7 Å². The monoisotopic (exact) mass is 419 g/mol. The summed E-state index contributed by atoms with van der Waals surface area (Å²) in [6.45, 7) is 1.88. The maximum absolute atomic E-state index is 12.3. The Morgan fingerprint density at radius 3 is 2.48 bits per heavy atom. The first-order chi connectivity index (χ1) is 14.9. The van der Waals surface area contributed by atoms with Crippen LogP contribution in [0.2, 0.25) is 0 Å². The molecule has 7 heteroatoms. The minimum atomic E-state index is -0.486. The van der Waals surface area contributed by atoms with Gasteiger partial charge in [0.2, 0.25) is 0 Å². The number of allylic oxidation sites excluding steroid dienone is 1. The number of benzene rings is 3. The van der Waals surface area contributed by atoms with Crippen molar-refractivity contribution in [2.75, 3.05) is 7.11 Å². The van der Waals surface area contributed by atoms with Crippen molar-refractivity contribution >= 4 is 17.5 Å². The molecule has 158 valence electrons. The zero-order valence-corrected chi connectivity index (χ0v) is 17.1. The number of methoxy groups -OCH3 is 1. The molecule has 0 aromatic heterocycles. The van der Waals surface area contributed by atoms with Crippen LogP contribution in [0.5, 0.6) is 17.2 Å². The molecular formula is C24H21NO6. The van der Waals surface area contributed by atoms with Gasteiger partial charge in [-0.2, -0.15) is 0 Å². The van der Waals surface area contributed by atoms with E-state index in [1.165, 1.54) is 31.4 Å². The number of aromatic hydroxyl groups is 1. The van der Waals surface area contributed by atoms with Gasteiger partial charge in [-0.15, -0.1) is 0 Å². The average Bonchev–Trinajstić information content (AvgIpc) is 2.76. The maximum atomic E-state index is 12.3. The molecule has 0 unspecified atom stereocenters. The Bertz CT molecular complexity index is 1140. The molecule has 0 aliphatic heterocycles. The Kier molecular flexibility index (Phi) is 6.67. The number of ether oxygens (including phenoxy) is 2. The van der Waals surface area contributed by atoms with Crippen molar-refractivity contribution in [3.8, 4) is 17.2 Å². The van der Waals surface area contributed by atoms with Crippen LogP contribution < -0.4 is 9.47 Å². The van der Waals surface area contributed by atoms with E-state index in [4.69, 9.17) is 9.47 Å². The van der Waals surface area contributed by atoms with Crippen LogP contribution >= 0.6 is 0 Å². The Balaban J connectivity index is 1.80. The second-order valence-corrected chi connectivity index (χ2v) is 6.83. The Hall–Kier alpha value is -4.13. The van der Waals surface area contributed by atoms with E-state index in [-0.39, 0.29) is 29.6 Å². The number of phenolic OH excluding ortho intramolecular Hbond substituents is 1. The van der Waals surface area contributed by atoms with Gasteiger partial charge in [0.1, 0.15) is 18.1 Å². The number of carbonyl (C=O) groups excluding carboxylic acids is 1. The molecule has 0 fully saturated rings. The second-order valence-electron chi connectivity index (χ2n) is 6.83. The zero-order chi connectivity index (χ0) is 22.4. The van der Waals surface area contributed by atoms with Crippen LogP contribution in [-0.4, -0.2) is 22.9 Å². The molecule has 3 rings (SSSR count). The molecular weight excluding hydrogens is 398 g/mol. The highest BCUT2D eigenvalue weighted by Gasteiger charge is 2.16. The summed E-state index contributed by atoms with van der Waals surface area (Å²) >= 11 is 0. The first kappa shape index (κ1) is 21.6. The summed E-state index contributed by atoms with van der Waals surface area (Å²) in [6, 6.07) is 16.0. The molecule has 3 aromatic rings. The zero-order valence-electron chi connectivity index (χ0n) is 17.1. The third kappa shape index (κ3) is 5.48. The Morgan fingerprint density at radius 2 is 1.81 bits per heavy atom. The van der Waals surface area contributed by atoms with E-state index in [2.05, 4.69) is 0 Å². The topological polar surface area (TPSA) is 98.9 Å². The van der Waals surface area contributed by atoms with Gasteiger partial charge < -0.3 is 14.6 Å². The quantitative estimate of drug-likeness (QED) is 0.236. The summed E-state index contributed by atoms with van der Waals surface area (Å²) in [7, 11) is 1.53. The van der Waals surface area contributed by atoms with Gasteiger partial charge in [0.05, 0.1) is 12.0 Å². The number of phenols is 1. The van der Waals surface area contributed by atoms with E-state index < -0.39 is 4.92 Å². The molecule has 0 saturated heterocycles. The third-order valence-corrected chi connectivity index (χ3v) is 4.58. The van der Waals surface area contributed by atoms with Crippen molar-refractivity contribution in [3.05, 3.63) is 99.1 Å². The summed E-state index contributed by atoms with van der Waals surface area (Å²) in [4.78, 5) is 23.1. The Labute approximate surface area is 179 Å². The molecule has 0 heterocycles. The molecule has 7 nitrogen and oxygen atoms in total. The highest BCUT2D eigenvalue weighted by atomic mass is 16.6. The van der Waals surface area contributed by atoms with Crippen molar-refractivity contribution in [3.63, 3.8) is 0 Å². The van der Waals surface area contributed by atoms with Crippen LogP contribution in [0.25, 0.3) is 6.08 Å². The first-order valence-corrected chi connectivity index (χ1v) is 9.43. The molecule has 1 N–H and O–H groups in total. The lowest BCUT2D eigenvalue weighted by Crippen LogP contribution is -2.02. The smallest absolute Gasteiger partial charge is 0.310 e. The molecule has 0 radical (unpaired) electrons. The number of nitrogens with zero attached hydrogens (tertiary/aromatic N) is 1. The van der Waals surface area contributed by atoms with Crippen LogP contribution in [0, 0.1) is 17.0 Å². The minimum Gasteiger partial charge on any atom is -0.508 e.